The Morgan fingerprint density at radius 2 is 1.29 bits per heavy atom. The highest BCUT2D eigenvalue weighted by Crippen LogP contribution is 2.18. The lowest BCUT2D eigenvalue weighted by Crippen LogP contribution is -2.25. The summed E-state index contributed by atoms with van der Waals surface area (Å²) >= 11 is 0. The third kappa shape index (κ3) is 7.37. The number of rotatable bonds is 12. The van der Waals surface area contributed by atoms with E-state index in [0.717, 1.165) is 42.0 Å². The van der Waals surface area contributed by atoms with Crippen LogP contribution in [0.25, 0.3) is 0 Å². The van der Waals surface area contributed by atoms with Crippen molar-refractivity contribution in [1.82, 2.24) is 0 Å². The van der Waals surface area contributed by atoms with E-state index in [9.17, 15) is 4.79 Å². The molecule has 0 unspecified atom stereocenters. The molecule has 0 saturated carbocycles. The van der Waals surface area contributed by atoms with Crippen molar-refractivity contribution >= 4 is 17.5 Å². The van der Waals surface area contributed by atoms with Crippen molar-refractivity contribution in [3.63, 3.8) is 0 Å². The molecule has 6 heteroatoms. The standard InChI is InChI=1S/C28H32N2O4/c1-3-32-27(29)22-12-16-25(17-13-22)33-20-8-5-9-21-34-26-18-14-23(15-19-26)28(31)30(2)24-10-6-4-7-11-24/h4,6-7,10-19,29H,3,5,8-9,20-21H2,1-2H3. The highest BCUT2D eigenvalue weighted by Gasteiger charge is 2.13. The van der Waals surface area contributed by atoms with Gasteiger partial charge in [0.05, 0.1) is 19.8 Å². The molecular formula is C28H32N2O4. The Morgan fingerprint density at radius 1 is 0.765 bits per heavy atom. The second-order valence-corrected chi connectivity index (χ2v) is 7.77. The fourth-order valence-corrected chi connectivity index (χ4v) is 3.35. The number of nitrogens with zero attached hydrogens (tertiary/aromatic N) is 1. The second kappa shape index (κ2) is 13.0. The van der Waals surface area contributed by atoms with Gasteiger partial charge in [-0.05, 0) is 86.8 Å². The average molecular weight is 461 g/mol. The molecule has 0 aliphatic heterocycles. The van der Waals surface area contributed by atoms with Crippen molar-refractivity contribution in [3.05, 3.63) is 90.0 Å². The molecule has 0 fully saturated rings. The van der Waals surface area contributed by atoms with Crippen molar-refractivity contribution in [3.8, 4) is 11.5 Å². The predicted octanol–water partition coefficient (Wildman–Crippen LogP) is 5.95. The van der Waals surface area contributed by atoms with E-state index in [0.29, 0.717) is 25.4 Å². The maximum Gasteiger partial charge on any atom is 0.258 e. The van der Waals surface area contributed by atoms with Crippen LogP contribution in [-0.2, 0) is 4.74 Å². The molecule has 1 N–H and O–H groups in total. The van der Waals surface area contributed by atoms with Gasteiger partial charge in [0.15, 0.2) is 0 Å². The molecule has 6 nitrogen and oxygen atoms in total. The van der Waals surface area contributed by atoms with E-state index in [1.165, 1.54) is 0 Å². The molecule has 1 amide bonds. The Bertz CT molecular complexity index is 1030. The van der Waals surface area contributed by atoms with Crippen molar-refractivity contribution in [2.45, 2.75) is 26.2 Å². The highest BCUT2D eigenvalue weighted by molar-refractivity contribution is 6.05. The highest BCUT2D eigenvalue weighted by atomic mass is 16.5. The number of amides is 1. The fraction of sp³-hybridized carbons (Fsp3) is 0.286. The molecule has 0 aliphatic rings. The molecule has 0 heterocycles. The minimum absolute atomic E-state index is 0.0556. The molecule has 0 aromatic heterocycles. The van der Waals surface area contributed by atoms with E-state index in [4.69, 9.17) is 19.6 Å². The third-order valence-corrected chi connectivity index (χ3v) is 5.28. The van der Waals surface area contributed by atoms with Crippen LogP contribution in [0, 0.1) is 5.41 Å². The number of benzene rings is 3. The van der Waals surface area contributed by atoms with E-state index in [-0.39, 0.29) is 11.8 Å². The summed E-state index contributed by atoms with van der Waals surface area (Å²) in [6.07, 6.45) is 2.84. The van der Waals surface area contributed by atoms with Crippen LogP contribution in [0.3, 0.4) is 0 Å². The Kier molecular flexibility index (Phi) is 9.52. The van der Waals surface area contributed by atoms with Gasteiger partial charge in [0.2, 0.25) is 5.90 Å². The molecule has 0 atom stereocenters. The minimum atomic E-state index is -0.0556. The van der Waals surface area contributed by atoms with Crippen molar-refractivity contribution in [1.29, 1.82) is 5.41 Å². The number of hydrogen-bond donors (Lipinski definition) is 1. The van der Waals surface area contributed by atoms with E-state index >= 15 is 0 Å². The van der Waals surface area contributed by atoms with Crippen LogP contribution >= 0.6 is 0 Å². The second-order valence-electron chi connectivity index (χ2n) is 7.77. The van der Waals surface area contributed by atoms with Gasteiger partial charge in [0.25, 0.3) is 5.91 Å². The monoisotopic (exact) mass is 460 g/mol. The Hall–Kier alpha value is -3.80. The summed E-state index contributed by atoms with van der Waals surface area (Å²) < 4.78 is 16.8. The minimum Gasteiger partial charge on any atom is -0.494 e. The van der Waals surface area contributed by atoms with Gasteiger partial charge in [0, 0.05) is 23.9 Å². The number of carbonyl (C=O) groups excluding carboxylic acids is 1. The number of unbranched alkanes of at least 4 members (excludes halogenated alkanes) is 2. The fourth-order valence-electron chi connectivity index (χ4n) is 3.35. The van der Waals surface area contributed by atoms with Crippen molar-refractivity contribution in [2.24, 2.45) is 0 Å². The maximum atomic E-state index is 12.7. The summed E-state index contributed by atoms with van der Waals surface area (Å²) in [7, 11) is 1.77. The van der Waals surface area contributed by atoms with Crippen molar-refractivity contribution < 1.29 is 19.0 Å². The molecule has 0 saturated heterocycles. The van der Waals surface area contributed by atoms with Crippen LogP contribution in [0.5, 0.6) is 11.5 Å². The quantitative estimate of drug-likeness (QED) is 0.206. The lowest BCUT2D eigenvalue weighted by molar-refractivity contribution is 0.0993. The van der Waals surface area contributed by atoms with Gasteiger partial charge in [0.1, 0.15) is 11.5 Å². The summed E-state index contributed by atoms with van der Waals surface area (Å²) in [6, 6.07) is 24.2. The molecule has 0 bridgehead atoms. The van der Waals surface area contributed by atoms with Crippen LogP contribution in [0.1, 0.15) is 42.1 Å². The number of ether oxygens (including phenoxy) is 3. The Morgan fingerprint density at radius 3 is 1.82 bits per heavy atom. The van der Waals surface area contributed by atoms with Crippen molar-refractivity contribution in [2.75, 3.05) is 31.8 Å². The van der Waals surface area contributed by atoms with Crippen LogP contribution in [0.4, 0.5) is 5.69 Å². The summed E-state index contributed by atoms with van der Waals surface area (Å²) in [4.78, 5) is 14.3. The molecule has 3 aromatic carbocycles. The SMILES string of the molecule is CCOC(=N)c1ccc(OCCCCCOc2ccc(C(=O)N(C)c3ccccc3)cc2)cc1. The van der Waals surface area contributed by atoms with Gasteiger partial charge in [-0.1, -0.05) is 18.2 Å². The van der Waals surface area contributed by atoms with E-state index in [2.05, 4.69) is 0 Å². The van der Waals surface area contributed by atoms with E-state index in [1.54, 1.807) is 24.1 Å². The zero-order valence-electron chi connectivity index (χ0n) is 19.8. The van der Waals surface area contributed by atoms with Gasteiger partial charge in [-0.15, -0.1) is 0 Å². The predicted molar refractivity (Wildman–Crippen MR) is 135 cm³/mol. The summed E-state index contributed by atoms with van der Waals surface area (Å²) in [5.41, 5.74) is 2.22. The molecule has 3 rings (SSSR count). The summed E-state index contributed by atoms with van der Waals surface area (Å²) in [5.74, 6) is 1.67. The van der Waals surface area contributed by atoms with Gasteiger partial charge < -0.3 is 19.1 Å². The average Bonchev–Trinajstić information content (AvgIpc) is 2.88. The number of para-hydroxylation sites is 1. The zero-order valence-corrected chi connectivity index (χ0v) is 19.8. The molecule has 0 spiro atoms. The number of hydrogen-bond acceptors (Lipinski definition) is 5. The van der Waals surface area contributed by atoms with E-state index < -0.39 is 0 Å². The third-order valence-electron chi connectivity index (χ3n) is 5.28. The van der Waals surface area contributed by atoms with Gasteiger partial charge in [-0.2, -0.15) is 0 Å². The van der Waals surface area contributed by atoms with Gasteiger partial charge >= 0.3 is 0 Å². The van der Waals surface area contributed by atoms with E-state index in [1.807, 2.05) is 73.7 Å². The summed E-state index contributed by atoms with van der Waals surface area (Å²) in [5, 5.41) is 7.78. The Labute approximate surface area is 201 Å². The number of carbonyl (C=O) groups is 1. The summed E-state index contributed by atoms with van der Waals surface area (Å²) in [6.45, 7) is 3.60. The molecule has 0 radical (unpaired) electrons. The molecule has 178 valence electrons. The van der Waals surface area contributed by atoms with Crippen LogP contribution in [0.15, 0.2) is 78.9 Å². The normalized spacial score (nSPS) is 10.4. The van der Waals surface area contributed by atoms with Crippen LogP contribution in [-0.4, -0.2) is 38.7 Å². The first-order chi connectivity index (χ1) is 16.6. The lowest BCUT2D eigenvalue weighted by atomic mass is 10.2. The first-order valence-corrected chi connectivity index (χ1v) is 11.6. The van der Waals surface area contributed by atoms with Gasteiger partial charge in [-0.25, -0.2) is 0 Å². The molecule has 0 aliphatic carbocycles. The number of nitrogens with one attached hydrogen (secondary N) is 1. The van der Waals surface area contributed by atoms with Gasteiger partial charge in [-0.3, -0.25) is 10.2 Å². The molecule has 34 heavy (non-hydrogen) atoms. The van der Waals surface area contributed by atoms with Crippen LogP contribution in [0.2, 0.25) is 0 Å². The maximum absolute atomic E-state index is 12.7. The number of anilines is 1. The van der Waals surface area contributed by atoms with Crippen LogP contribution < -0.4 is 14.4 Å². The molecular weight excluding hydrogens is 428 g/mol. The molecule has 3 aromatic rings. The Balaban J connectivity index is 1.31. The first-order valence-electron chi connectivity index (χ1n) is 11.6. The smallest absolute Gasteiger partial charge is 0.258 e. The first kappa shape index (κ1) is 24.8. The topological polar surface area (TPSA) is 71.9 Å². The lowest BCUT2D eigenvalue weighted by Gasteiger charge is -2.17. The zero-order chi connectivity index (χ0) is 24.2. The largest absolute Gasteiger partial charge is 0.494 e.